The minimum Gasteiger partial charge on any atom is -0.464 e. The molecule has 0 saturated heterocycles. The Kier molecular flexibility index (Phi) is 4.60. The minimum absolute atomic E-state index is 0.195. The van der Waals surface area contributed by atoms with Crippen LogP contribution in [0.3, 0.4) is 0 Å². The second kappa shape index (κ2) is 6.84. The van der Waals surface area contributed by atoms with Crippen molar-refractivity contribution in [3.05, 3.63) is 66.2 Å². The number of hydrogen-bond donors (Lipinski definition) is 2. The highest BCUT2D eigenvalue weighted by atomic mass is 16.5. The van der Waals surface area contributed by atoms with Gasteiger partial charge in [-0.25, -0.2) is 0 Å². The lowest BCUT2D eigenvalue weighted by atomic mass is 9.82. The number of rotatable bonds is 5. The maximum Gasteiger partial charge on any atom is 0.330 e. The number of hydrogen-bond acceptors (Lipinski definition) is 4. The summed E-state index contributed by atoms with van der Waals surface area (Å²) in [5, 5.41) is 15.9. The van der Waals surface area contributed by atoms with Crippen molar-refractivity contribution >= 4 is 29.4 Å². The van der Waals surface area contributed by atoms with Gasteiger partial charge >= 0.3 is 7.48 Å². The predicted octanol–water partition coefficient (Wildman–Crippen LogP) is 4.15. The average Bonchev–Trinajstić information content (AvgIpc) is 3.11. The number of fused-ring (bicyclic) bond motifs is 3. The summed E-state index contributed by atoms with van der Waals surface area (Å²) < 4.78 is 12.2. The molecule has 0 bridgehead atoms. The molecule has 1 heterocycles. The molecular formula is C23H25BNO3. The quantitative estimate of drug-likeness (QED) is 0.659. The molecule has 5 heteroatoms. The van der Waals surface area contributed by atoms with E-state index in [1.54, 1.807) is 21.3 Å². The second-order valence-corrected chi connectivity index (χ2v) is 8.28. The molecule has 0 fully saturated rings. The first kappa shape index (κ1) is 18.8. The summed E-state index contributed by atoms with van der Waals surface area (Å²) in [6.45, 7) is 7.24. The van der Waals surface area contributed by atoms with Gasteiger partial charge in [0.1, 0.15) is 0 Å². The van der Waals surface area contributed by atoms with Crippen molar-refractivity contribution in [2.75, 3.05) is 5.32 Å². The molecule has 2 N–H and O–H groups in total. The van der Waals surface area contributed by atoms with Crippen LogP contribution in [0.2, 0.25) is 0 Å². The second-order valence-electron chi connectivity index (χ2n) is 8.28. The first-order valence-corrected chi connectivity index (χ1v) is 9.53. The van der Waals surface area contributed by atoms with E-state index in [0.29, 0.717) is 0 Å². The summed E-state index contributed by atoms with van der Waals surface area (Å²) in [5.74, 6) is 0.850. The van der Waals surface area contributed by atoms with Crippen LogP contribution < -0.4 is 15.5 Å². The van der Waals surface area contributed by atoms with E-state index in [1.165, 1.54) is 0 Å². The number of benzene rings is 3. The van der Waals surface area contributed by atoms with Crippen molar-refractivity contribution in [3.8, 4) is 5.75 Å². The van der Waals surface area contributed by atoms with E-state index in [1.807, 2.05) is 38.1 Å². The molecule has 0 spiro atoms. The van der Waals surface area contributed by atoms with E-state index in [9.17, 15) is 5.11 Å². The maximum atomic E-state index is 10.3. The highest BCUT2D eigenvalue weighted by molar-refractivity contribution is 6.47. The van der Waals surface area contributed by atoms with Crippen molar-refractivity contribution in [2.45, 2.75) is 45.1 Å². The Morgan fingerprint density at radius 1 is 1.00 bits per heavy atom. The van der Waals surface area contributed by atoms with Gasteiger partial charge in [-0.05, 0) is 39.1 Å². The van der Waals surface area contributed by atoms with Crippen molar-refractivity contribution < 1.29 is 14.5 Å². The molecule has 1 unspecified atom stereocenters. The lowest BCUT2D eigenvalue weighted by Gasteiger charge is -2.37. The van der Waals surface area contributed by atoms with Crippen LogP contribution in [0.1, 0.15) is 39.5 Å². The fraction of sp³-hybridized carbons (Fsp3) is 0.304. The van der Waals surface area contributed by atoms with Gasteiger partial charge in [0.2, 0.25) is 0 Å². The molecule has 28 heavy (non-hydrogen) atoms. The highest BCUT2D eigenvalue weighted by Crippen LogP contribution is 2.42. The van der Waals surface area contributed by atoms with Crippen molar-refractivity contribution in [2.24, 2.45) is 0 Å². The van der Waals surface area contributed by atoms with Gasteiger partial charge in [-0.3, -0.25) is 0 Å². The summed E-state index contributed by atoms with van der Waals surface area (Å²) in [7, 11) is 1.70. The average molecular weight is 374 g/mol. The lowest BCUT2D eigenvalue weighted by molar-refractivity contribution is -0.0893. The van der Waals surface area contributed by atoms with Crippen molar-refractivity contribution in [1.29, 1.82) is 0 Å². The molecule has 4 nitrogen and oxygen atoms in total. The zero-order valence-electron chi connectivity index (χ0n) is 16.7. The van der Waals surface area contributed by atoms with E-state index in [2.05, 4.69) is 41.7 Å². The summed E-state index contributed by atoms with van der Waals surface area (Å²) in [6, 6.07) is 20.4. The Balaban J connectivity index is 1.61. The largest absolute Gasteiger partial charge is 0.464 e. The van der Waals surface area contributed by atoms with Crippen molar-refractivity contribution in [1.82, 2.24) is 0 Å². The molecule has 4 rings (SSSR count). The smallest absolute Gasteiger partial charge is 0.330 e. The highest BCUT2D eigenvalue weighted by Gasteiger charge is 2.35. The van der Waals surface area contributed by atoms with Crippen LogP contribution in [-0.4, -0.2) is 23.8 Å². The Hall–Kier alpha value is -2.50. The monoisotopic (exact) mass is 374 g/mol. The minimum atomic E-state index is -0.961. The van der Waals surface area contributed by atoms with Crippen LogP contribution in [0.4, 0.5) is 5.69 Å². The number of anilines is 1. The van der Waals surface area contributed by atoms with Gasteiger partial charge in [0, 0.05) is 10.9 Å². The molecule has 3 aromatic rings. The topological polar surface area (TPSA) is 50.7 Å². The molecule has 1 radical (unpaired) electrons. The van der Waals surface area contributed by atoms with E-state index < -0.39 is 11.2 Å². The molecular weight excluding hydrogens is 349 g/mol. The third-order valence-corrected chi connectivity index (χ3v) is 5.58. The maximum absolute atomic E-state index is 10.3. The molecule has 0 aliphatic carbocycles. The summed E-state index contributed by atoms with van der Waals surface area (Å²) in [4.78, 5) is 0. The molecule has 143 valence electrons. The number of ether oxygens (including phenoxy) is 1. The first-order valence-electron chi connectivity index (χ1n) is 9.53. The molecule has 3 aromatic carbocycles. The van der Waals surface area contributed by atoms with Gasteiger partial charge < -0.3 is 19.8 Å². The predicted molar refractivity (Wildman–Crippen MR) is 114 cm³/mol. The van der Waals surface area contributed by atoms with E-state index in [0.717, 1.165) is 33.2 Å². The SMILES string of the molecule is CC(C)(O)C(C)(C)O[B]c1ccc2ccc3c(c2c1)OC(c1ccccc1)N3. The van der Waals surface area contributed by atoms with Gasteiger partial charge in [-0.15, -0.1) is 0 Å². The van der Waals surface area contributed by atoms with Crippen LogP contribution in [0.5, 0.6) is 5.75 Å². The van der Waals surface area contributed by atoms with Gasteiger partial charge in [0.15, 0.2) is 12.0 Å². The van der Waals surface area contributed by atoms with Crippen molar-refractivity contribution in [3.63, 3.8) is 0 Å². The third-order valence-electron chi connectivity index (χ3n) is 5.58. The van der Waals surface area contributed by atoms with Gasteiger partial charge in [-0.2, -0.15) is 0 Å². The van der Waals surface area contributed by atoms with Crippen LogP contribution >= 0.6 is 0 Å². The Labute approximate surface area is 166 Å². The Bertz CT molecular complexity index is 996. The summed E-state index contributed by atoms with van der Waals surface area (Å²) in [5.41, 5.74) is 1.32. The molecule has 0 saturated carbocycles. The molecule has 1 aliphatic heterocycles. The molecule has 1 atom stereocenters. The number of aliphatic hydroxyl groups is 1. The lowest BCUT2D eigenvalue weighted by Crippen LogP contribution is -2.49. The standard InChI is InChI=1S/C23H25BNO3/c1-22(2,26)23(3,4)28-24-17-12-10-15-11-13-19-20(18(15)14-17)27-21(25-19)16-8-6-5-7-9-16/h5-14,21,25-26H,1-4H3. The Morgan fingerprint density at radius 3 is 2.43 bits per heavy atom. The van der Waals surface area contributed by atoms with Crippen LogP contribution in [0.15, 0.2) is 60.7 Å². The molecule has 1 aliphatic rings. The van der Waals surface area contributed by atoms with Crippen LogP contribution in [0.25, 0.3) is 10.8 Å². The number of nitrogens with one attached hydrogen (secondary N) is 1. The zero-order valence-corrected chi connectivity index (χ0v) is 16.7. The summed E-state index contributed by atoms with van der Waals surface area (Å²) >= 11 is 0. The fourth-order valence-electron chi connectivity index (χ4n) is 3.05. The first-order chi connectivity index (χ1) is 13.2. The van der Waals surface area contributed by atoms with E-state index >= 15 is 0 Å². The van der Waals surface area contributed by atoms with E-state index in [4.69, 9.17) is 9.39 Å². The van der Waals surface area contributed by atoms with Gasteiger partial charge in [0.05, 0.1) is 16.9 Å². The molecule has 0 amide bonds. The fourth-order valence-corrected chi connectivity index (χ4v) is 3.05. The Morgan fingerprint density at radius 2 is 1.71 bits per heavy atom. The summed E-state index contributed by atoms with van der Waals surface area (Å²) in [6.07, 6.45) is -0.195. The van der Waals surface area contributed by atoms with Crippen LogP contribution in [0, 0.1) is 0 Å². The van der Waals surface area contributed by atoms with Gasteiger partial charge in [-0.1, -0.05) is 60.1 Å². The molecule has 0 aromatic heterocycles. The van der Waals surface area contributed by atoms with Crippen LogP contribution in [-0.2, 0) is 4.65 Å². The van der Waals surface area contributed by atoms with E-state index in [-0.39, 0.29) is 6.23 Å². The van der Waals surface area contributed by atoms with Gasteiger partial charge in [0.25, 0.3) is 0 Å². The normalized spacial score (nSPS) is 16.4. The zero-order chi connectivity index (χ0) is 19.9. The third kappa shape index (κ3) is 3.48.